The van der Waals surface area contributed by atoms with Crippen LogP contribution in [-0.4, -0.2) is 11.1 Å². The van der Waals surface area contributed by atoms with E-state index in [2.05, 4.69) is 0 Å². The number of hydrogen-bond donors (Lipinski definition) is 2. The highest BCUT2D eigenvalue weighted by Gasteiger charge is 2.13. The van der Waals surface area contributed by atoms with E-state index >= 15 is 0 Å². The SMILES string of the molecule is CCCC(N)c1cc(C(=O)O)ccc1F. The molecule has 0 radical (unpaired) electrons. The van der Waals surface area contributed by atoms with E-state index in [1.54, 1.807) is 0 Å². The Hall–Kier alpha value is -1.42. The molecule has 1 rings (SSSR count). The van der Waals surface area contributed by atoms with E-state index in [0.717, 1.165) is 12.5 Å². The van der Waals surface area contributed by atoms with E-state index in [4.69, 9.17) is 10.8 Å². The summed E-state index contributed by atoms with van der Waals surface area (Å²) in [5, 5.41) is 8.75. The zero-order valence-corrected chi connectivity index (χ0v) is 8.53. The largest absolute Gasteiger partial charge is 0.478 e. The predicted octanol–water partition coefficient (Wildman–Crippen LogP) is 2.32. The Labute approximate surface area is 87.7 Å². The second kappa shape index (κ2) is 4.89. The minimum absolute atomic E-state index is 0.0675. The summed E-state index contributed by atoms with van der Waals surface area (Å²) < 4.78 is 13.3. The third-order valence-electron chi connectivity index (χ3n) is 2.24. The lowest BCUT2D eigenvalue weighted by Crippen LogP contribution is -2.13. The number of hydrogen-bond acceptors (Lipinski definition) is 2. The standard InChI is InChI=1S/C11H14FNO2/c1-2-3-10(13)8-6-7(11(14)15)4-5-9(8)12/h4-6,10H,2-3,13H2,1H3,(H,14,15). The highest BCUT2D eigenvalue weighted by Crippen LogP contribution is 2.20. The Morgan fingerprint density at radius 3 is 2.80 bits per heavy atom. The zero-order valence-electron chi connectivity index (χ0n) is 8.53. The lowest BCUT2D eigenvalue weighted by atomic mass is 10.0. The fourth-order valence-electron chi connectivity index (χ4n) is 1.43. The number of carboxylic acids is 1. The molecule has 3 N–H and O–H groups in total. The van der Waals surface area contributed by atoms with E-state index in [1.165, 1.54) is 12.1 Å². The molecule has 0 aliphatic carbocycles. The molecule has 0 saturated carbocycles. The number of carboxylic acid groups (broad SMARTS) is 1. The van der Waals surface area contributed by atoms with Gasteiger partial charge in [-0.15, -0.1) is 0 Å². The highest BCUT2D eigenvalue weighted by molar-refractivity contribution is 5.87. The minimum atomic E-state index is -1.07. The molecule has 15 heavy (non-hydrogen) atoms. The van der Waals surface area contributed by atoms with Crippen molar-refractivity contribution in [2.24, 2.45) is 5.73 Å². The number of carbonyl (C=O) groups is 1. The second-order valence-corrected chi connectivity index (χ2v) is 3.44. The van der Waals surface area contributed by atoms with Gasteiger partial charge >= 0.3 is 5.97 Å². The van der Waals surface area contributed by atoms with Gasteiger partial charge < -0.3 is 10.8 Å². The molecule has 0 amide bonds. The average Bonchev–Trinajstić information content (AvgIpc) is 2.18. The molecule has 1 aromatic carbocycles. The summed E-state index contributed by atoms with van der Waals surface area (Å²) in [6.45, 7) is 1.94. The van der Waals surface area contributed by atoms with Crippen LogP contribution in [0.15, 0.2) is 18.2 Å². The summed E-state index contributed by atoms with van der Waals surface area (Å²) in [6.07, 6.45) is 1.47. The molecule has 1 unspecified atom stereocenters. The van der Waals surface area contributed by atoms with E-state index in [-0.39, 0.29) is 11.1 Å². The van der Waals surface area contributed by atoms with Gasteiger partial charge in [-0.1, -0.05) is 13.3 Å². The van der Waals surface area contributed by atoms with Crippen LogP contribution < -0.4 is 5.73 Å². The van der Waals surface area contributed by atoms with E-state index < -0.39 is 17.8 Å². The first-order valence-electron chi connectivity index (χ1n) is 4.84. The zero-order chi connectivity index (χ0) is 11.4. The van der Waals surface area contributed by atoms with Gasteiger partial charge in [-0.05, 0) is 24.6 Å². The maximum absolute atomic E-state index is 13.3. The van der Waals surface area contributed by atoms with Gasteiger partial charge in [0.15, 0.2) is 0 Å². The molecule has 3 nitrogen and oxygen atoms in total. The minimum Gasteiger partial charge on any atom is -0.478 e. The van der Waals surface area contributed by atoms with Crippen molar-refractivity contribution in [2.45, 2.75) is 25.8 Å². The molecular formula is C11H14FNO2. The van der Waals surface area contributed by atoms with E-state index in [0.29, 0.717) is 6.42 Å². The Balaban J connectivity index is 3.04. The molecule has 0 spiro atoms. The highest BCUT2D eigenvalue weighted by atomic mass is 19.1. The van der Waals surface area contributed by atoms with Crippen molar-refractivity contribution < 1.29 is 14.3 Å². The van der Waals surface area contributed by atoms with Crippen molar-refractivity contribution in [2.75, 3.05) is 0 Å². The van der Waals surface area contributed by atoms with Crippen molar-refractivity contribution >= 4 is 5.97 Å². The van der Waals surface area contributed by atoms with Gasteiger partial charge in [0.25, 0.3) is 0 Å². The van der Waals surface area contributed by atoms with Gasteiger partial charge in [0, 0.05) is 11.6 Å². The molecule has 0 fully saturated rings. The molecule has 0 aliphatic rings. The van der Waals surface area contributed by atoms with Crippen molar-refractivity contribution in [3.8, 4) is 0 Å². The first-order chi connectivity index (χ1) is 7.06. The molecular weight excluding hydrogens is 197 g/mol. The summed E-state index contributed by atoms with van der Waals surface area (Å²) in [5.74, 6) is -1.51. The average molecular weight is 211 g/mol. The number of nitrogens with two attached hydrogens (primary N) is 1. The monoisotopic (exact) mass is 211 g/mol. The first kappa shape index (κ1) is 11.7. The van der Waals surface area contributed by atoms with Crippen LogP contribution in [0.3, 0.4) is 0 Å². The van der Waals surface area contributed by atoms with Crippen LogP contribution in [0, 0.1) is 5.82 Å². The van der Waals surface area contributed by atoms with Gasteiger partial charge in [0.2, 0.25) is 0 Å². The molecule has 4 heteroatoms. The van der Waals surface area contributed by atoms with Crippen LogP contribution in [0.5, 0.6) is 0 Å². The molecule has 0 aliphatic heterocycles. The van der Waals surface area contributed by atoms with Gasteiger partial charge in [0.1, 0.15) is 5.82 Å². The van der Waals surface area contributed by atoms with Crippen LogP contribution in [-0.2, 0) is 0 Å². The lowest BCUT2D eigenvalue weighted by molar-refractivity contribution is 0.0696. The van der Waals surface area contributed by atoms with Crippen molar-refractivity contribution in [3.05, 3.63) is 35.1 Å². The molecule has 0 aromatic heterocycles. The molecule has 1 atom stereocenters. The maximum Gasteiger partial charge on any atom is 0.335 e. The second-order valence-electron chi connectivity index (χ2n) is 3.44. The van der Waals surface area contributed by atoms with Gasteiger partial charge in [-0.2, -0.15) is 0 Å². The molecule has 0 saturated heterocycles. The van der Waals surface area contributed by atoms with Crippen molar-refractivity contribution in [1.82, 2.24) is 0 Å². The topological polar surface area (TPSA) is 63.3 Å². The Bertz CT molecular complexity index is 366. The van der Waals surface area contributed by atoms with Crippen LogP contribution in [0.2, 0.25) is 0 Å². The van der Waals surface area contributed by atoms with Crippen LogP contribution in [0.25, 0.3) is 0 Å². The number of rotatable bonds is 4. The Morgan fingerprint density at radius 2 is 2.27 bits per heavy atom. The van der Waals surface area contributed by atoms with Crippen molar-refractivity contribution in [1.29, 1.82) is 0 Å². The summed E-state index contributed by atoms with van der Waals surface area (Å²) >= 11 is 0. The summed E-state index contributed by atoms with van der Waals surface area (Å²) in [7, 11) is 0. The van der Waals surface area contributed by atoms with E-state index in [1.807, 2.05) is 6.92 Å². The van der Waals surface area contributed by atoms with Gasteiger partial charge in [0.05, 0.1) is 5.56 Å². The number of benzene rings is 1. The maximum atomic E-state index is 13.3. The molecule has 0 heterocycles. The van der Waals surface area contributed by atoms with Crippen LogP contribution in [0.4, 0.5) is 4.39 Å². The normalized spacial score (nSPS) is 12.5. The number of halogens is 1. The van der Waals surface area contributed by atoms with Gasteiger partial charge in [-0.25, -0.2) is 9.18 Å². The van der Waals surface area contributed by atoms with Crippen molar-refractivity contribution in [3.63, 3.8) is 0 Å². The third kappa shape index (κ3) is 2.76. The Kier molecular flexibility index (Phi) is 3.80. The summed E-state index contributed by atoms with van der Waals surface area (Å²) in [4.78, 5) is 10.7. The fourth-order valence-corrected chi connectivity index (χ4v) is 1.43. The van der Waals surface area contributed by atoms with Crippen LogP contribution >= 0.6 is 0 Å². The lowest BCUT2D eigenvalue weighted by Gasteiger charge is -2.12. The summed E-state index contributed by atoms with van der Waals surface area (Å²) in [6, 6.07) is 3.25. The third-order valence-corrected chi connectivity index (χ3v) is 2.24. The number of aromatic carboxylic acids is 1. The predicted molar refractivity (Wildman–Crippen MR) is 55.2 cm³/mol. The molecule has 1 aromatic rings. The Morgan fingerprint density at radius 1 is 1.60 bits per heavy atom. The molecule has 82 valence electrons. The fraction of sp³-hybridized carbons (Fsp3) is 0.364. The first-order valence-corrected chi connectivity index (χ1v) is 4.84. The molecule has 0 bridgehead atoms. The van der Waals surface area contributed by atoms with Gasteiger partial charge in [-0.3, -0.25) is 0 Å². The summed E-state index contributed by atoms with van der Waals surface area (Å²) in [5.41, 5.74) is 6.08. The van der Waals surface area contributed by atoms with Crippen LogP contribution in [0.1, 0.15) is 41.7 Å². The smallest absolute Gasteiger partial charge is 0.335 e. The quantitative estimate of drug-likeness (QED) is 0.803. The van der Waals surface area contributed by atoms with E-state index in [9.17, 15) is 9.18 Å².